The van der Waals surface area contributed by atoms with Crippen molar-refractivity contribution in [2.24, 2.45) is 0 Å². The minimum Gasteiger partial charge on any atom is -0.481 e. The van der Waals surface area contributed by atoms with Gasteiger partial charge in [0.05, 0.1) is 18.8 Å². The average Bonchev–Trinajstić information content (AvgIpc) is 2.39. The van der Waals surface area contributed by atoms with E-state index in [4.69, 9.17) is 14.9 Å². The molecule has 0 aromatic rings. The molecule has 0 bridgehead atoms. The van der Waals surface area contributed by atoms with Crippen molar-refractivity contribution < 1.29 is 29.3 Å². The molecule has 3 N–H and O–H groups in total. The van der Waals surface area contributed by atoms with Crippen LogP contribution in [-0.4, -0.2) is 64.4 Å². The molecule has 1 heterocycles. The van der Waals surface area contributed by atoms with E-state index in [1.807, 2.05) is 13.8 Å². The number of carbonyl (C=O) groups is 3. The highest BCUT2D eigenvalue weighted by Gasteiger charge is 2.30. The highest BCUT2D eigenvalue weighted by Crippen LogP contribution is 2.12. The number of aliphatic carboxylic acids is 2. The summed E-state index contributed by atoms with van der Waals surface area (Å²) in [5, 5.41) is 20.1. The van der Waals surface area contributed by atoms with Gasteiger partial charge in [0.2, 0.25) is 0 Å². The SMILES string of the molecule is CC1CN(C(=O)N[C@H](CCCC(=O)O)C(=O)O)C(C)CO1. The van der Waals surface area contributed by atoms with Crippen LogP contribution in [0.2, 0.25) is 0 Å². The number of hydrogen-bond donors (Lipinski definition) is 3. The summed E-state index contributed by atoms with van der Waals surface area (Å²) in [6.45, 7) is 4.47. The van der Waals surface area contributed by atoms with E-state index >= 15 is 0 Å². The van der Waals surface area contributed by atoms with E-state index in [0.29, 0.717) is 13.2 Å². The van der Waals surface area contributed by atoms with Gasteiger partial charge in [-0.25, -0.2) is 9.59 Å². The van der Waals surface area contributed by atoms with E-state index < -0.39 is 24.0 Å². The first-order valence-electron chi connectivity index (χ1n) is 6.94. The molecule has 1 aliphatic heterocycles. The maximum Gasteiger partial charge on any atom is 0.326 e. The first-order chi connectivity index (χ1) is 9.81. The third-order valence-electron chi connectivity index (χ3n) is 3.35. The molecule has 3 atom stereocenters. The largest absolute Gasteiger partial charge is 0.481 e. The van der Waals surface area contributed by atoms with Gasteiger partial charge in [0.15, 0.2) is 0 Å². The number of carboxylic acids is 2. The fourth-order valence-electron chi connectivity index (χ4n) is 2.13. The van der Waals surface area contributed by atoms with Crippen LogP contribution in [0.5, 0.6) is 0 Å². The molecule has 1 rings (SSSR count). The summed E-state index contributed by atoms with van der Waals surface area (Å²) >= 11 is 0. The molecular weight excluding hydrogens is 280 g/mol. The summed E-state index contributed by atoms with van der Waals surface area (Å²) in [5.74, 6) is -2.15. The molecule has 0 radical (unpaired) electrons. The molecule has 0 aliphatic carbocycles. The summed E-state index contributed by atoms with van der Waals surface area (Å²) in [4.78, 5) is 35.3. The van der Waals surface area contributed by atoms with Crippen LogP contribution in [0.15, 0.2) is 0 Å². The van der Waals surface area contributed by atoms with Gasteiger partial charge in [-0.2, -0.15) is 0 Å². The summed E-state index contributed by atoms with van der Waals surface area (Å²) in [6.07, 6.45) is 0.0655. The van der Waals surface area contributed by atoms with E-state index in [-0.39, 0.29) is 31.4 Å². The number of morpholine rings is 1. The lowest BCUT2D eigenvalue weighted by Crippen LogP contribution is -2.56. The van der Waals surface area contributed by atoms with Crippen LogP contribution in [0.25, 0.3) is 0 Å². The van der Waals surface area contributed by atoms with Crippen LogP contribution >= 0.6 is 0 Å². The van der Waals surface area contributed by atoms with E-state index in [2.05, 4.69) is 5.32 Å². The van der Waals surface area contributed by atoms with Gasteiger partial charge in [0.25, 0.3) is 0 Å². The van der Waals surface area contributed by atoms with E-state index in [1.165, 1.54) is 0 Å². The molecule has 2 unspecified atom stereocenters. The Bertz CT molecular complexity index is 400. The van der Waals surface area contributed by atoms with Gasteiger partial charge in [-0.1, -0.05) is 0 Å². The number of nitrogens with zero attached hydrogens (tertiary/aromatic N) is 1. The van der Waals surface area contributed by atoms with Crippen molar-refractivity contribution in [2.45, 2.75) is 51.3 Å². The van der Waals surface area contributed by atoms with Crippen LogP contribution in [-0.2, 0) is 14.3 Å². The van der Waals surface area contributed by atoms with Gasteiger partial charge < -0.3 is 25.2 Å². The number of amides is 2. The van der Waals surface area contributed by atoms with Crippen molar-refractivity contribution in [1.82, 2.24) is 10.2 Å². The third-order valence-corrected chi connectivity index (χ3v) is 3.35. The number of nitrogens with one attached hydrogen (secondary N) is 1. The van der Waals surface area contributed by atoms with Crippen LogP contribution in [0.4, 0.5) is 4.79 Å². The predicted molar refractivity (Wildman–Crippen MR) is 73.0 cm³/mol. The average molecular weight is 302 g/mol. The number of hydrogen-bond acceptors (Lipinski definition) is 4. The zero-order chi connectivity index (χ0) is 16.0. The topological polar surface area (TPSA) is 116 Å². The van der Waals surface area contributed by atoms with Crippen LogP contribution in [0, 0.1) is 0 Å². The van der Waals surface area contributed by atoms with Crippen molar-refractivity contribution in [3.05, 3.63) is 0 Å². The van der Waals surface area contributed by atoms with Gasteiger partial charge in [0.1, 0.15) is 6.04 Å². The van der Waals surface area contributed by atoms with Gasteiger partial charge in [0, 0.05) is 13.0 Å². The quantitative estimate of drug-likeness (QED) is 0.658. The lowest BCUT2D eigenvalue weighted by molar-refractivity contribution is -0.141. The highest BCUT2D eigenvalue weighted by molar-refractivity contribution is 5.82. The number of carbonyl (C=O) groups excluding carboxylic acids is 1. The predicted octanol–water partition coefficient (Wildman–Crippen LogP) is 0.513. The second kappa shape index (κ2) is 7.82. The Morgan fingerprint density at radius 1 is 1.33 bits per heavy atom. The molecular formula is C13H22N2O6. The minimum atomic E-state index is -1.16. The Balaban J connectivity index is 2.55. The number of rotatable bonds is 6. The molecule has 1 aliphatic rings. The number of urea groups is 1. The molecule has 120 valence electrons. The maximum atomic E-state index is 12.1. The van der Waals surface area contributed by atoms with Gasteiger partial charge in [-0.3, -0.25) is 4.79 Å². The molecule has 0 aromatic heterocycles. The minimum absolute atomic E-state index is 0.0850. The van der Waals surface area contributed by atoms with E-state index in [9.17, 15) is 14.4 Å². The Hall–Kier alpha value is -1.83. The molecule has 8 nitrogen and oxygen atoms in total. The third kappa shape index (κ3) is 5.58. The van der Waals surface area contributed by atoms with Crippen molar-refractivity contribution in [3.63, 3.8) is 0 Å². The molecule has 0 saturated carbocycles. The fourth-order valence-corrected chi connectivity index (χ4v) is 2.13. The van der Waals surface area contributed by atoms with E-state index in [1.54, 1.807) is 4.90 Å². The monoisotopic (exact) mass is 302 g/mol. The Kier molecular flexibility index (Phi) is 6.41. The van der Waals surface area contributed by atoms with Gasteiger partial charge in [-0.15, -0.1) is 0 Å². The first kappa shape index (κ1) is 17.2. The van der Waals surface area contributed by atoms with Crippen molar-refractivity contribution in [1.29, 1.82) is 0 Å². The smallest absolute Gasteiger partial charge is 0.326 e. The van der Waals surface area contributed by atoms with Gasteiger partial charge >= 0.3 is 18.0 Å². The molecule has 0 aromatic carbocycles. The maximum absolute atomic E-state index is 12.1. The van der Waals surface area contributed by atoms with Crippen molar-refractivity contribution in [3.8, 4) is 0 Å². The fraction of sp³-hybridized carbons (Fsp3) is 0.769. The van der Waals surface area contributed by atoms with Crippen LogP contribution in [0.1, 0.15) is 33.1 Å². The standard InChI is InChI=1S/C13H22N2O6/c1-8-7-21-9(2)6-15(8)13(20)14-10(12(18)19)4-3-5-11(16)17/h8-10H,3-7H2,1-2H3,(H,14,20)(H,16,17)(H,18,19)/t8?,9?,10-/m1/s1. The Morgan fingerprint density at radius 2 is 2.00 bits per heavy atom. The summed E-state index contributed by atoms with van der Waals surface area (Å²) in [5.41, 5.74) is 0. The molecule has 1 saturated heterocycles. The second-order valence-corrected chi connectivity index (χ2v) is 5.27. The number of ether oxygens (including phenoxy) is 1. The second-order valence-electron chi connectivity index (χ2n) is 5.27. The van der Waals surface area contributed by atoms with Crippen LogP contribution < -0.4 is 5.32 Å². The Morgan fingerprint density at radius 3 is 2.57 bits per heavy atom. The molecule has 1 fully saturated rings. The molecule has 0 spiro atoms. The van der Waals surface area contributed by atoms with Crippen molar-refractivity contribution >= 4 is 18.0 Å². The summed E-state index contributed by atoms with van der Waals surface area (Å²) in [7, 11) is 0. The zero-order valence-electron chi connectivity index (χ0n) is 12.2. The molecule has 8 heteroatoms. The summed E-state index contributed by atoms with van der Waals surface area (Å²) in [6, 6.07) is -1.67. The zero-order valence-corrected chi connectivity index (χ0v) is 12.2. The first-order valence-corrected chi connectivity index (χ1v) is 6.94. The molecule has 21 heavy (non-hydrogen) atoms. The van der Waals surface area contributed by atoms with Crippen LogP contribution in [0.3, 0.4) is 0 Å². The van der Waals surface area contributed by atoms with Gasteiger partial charge in [-0.05, 0) is 26.7 Å². The van der Waals surface area contributed by atoms with Crippen molar-refractivity contribution in [2.75, 3.05) is 13.2 Å². The molecule has 2 amide bonds. The Labute approximate surface area is 123 Å². The lowest BCUT2D eigenvalue weighted by atomic mass is 10.1. The number of carboxylic acid groups (broad SMARTS) is 2. The lowest BCUT2D eigenvalue weighted by Gasteiger charge is -2.37. The van der Waals surface area contributed by atoms with E-state index in [0.717, 1.165) is 0 Å². The highest BCUT2D eigenvalue weighted by atomic mass is 16.5. The summed E-state index contributed by atoms with van der Waals surface area (Å²) < 4.78 is 5.41. The normalized spacial score (nSPS) is 23.4.